The Bertz CT molecular complexity index is 978. The van der Waals surface area contributed by atoms with E-state index in [1.54, 1.807) is 24.3 Å². The molecule has 2 aliphatic rings. The molecule has 30 heavy (non-hydrogen) atoms. The number of amides is 2. The Morgan fingerprint density at radius 2 is 1.53 bits per heavy atom. The predicted octanol–water partition coefficient (Wildman–Crippen LogP) is 2.54. The van der Waals surface area contributed by atoms with E-state index in [-0.39, 0.29) is 18.4 Å². The van der Waals surface area contributed by atoms with Gasteiger partial charge in [-0.2, -0.15) is 0 Å². The highest BCUT2D eigenvalue weighted by Gasteiger charge is 2.43. The summed E-state index contributed by atoms with van der Waals surface area (Å²) < 4.78 is 0. The van der Waals surface area contributed by atoms with E-state index in [9.17, 15) is 14.7 Å². The summed E-state index contributed by atoms with van der Waals surface area (Å²) in [6, 6.07) is 14.4. The average molecular weight is 426 g/mol. The molecule has 2 aromatic rings. The molecule has 0 spiro atoms. The second kappa shape index (κ2) is 8.60. The summed E-state index contributed by atoms with van der Waals surface area (Å²) in [6.45, 7) is 5.42. The number of hydrogen-bond donors (Lipinski definition) is 1. The zero-order valence-corrected chi connectivity index (χ0v) is 17.6. The molecule has 6 nitrogen and oxygen atoms in total. The highest BCUT2D eigenvalue weighted by Crippen LogP contribution is 2.35. The maximum Gasteiger partial charge on any atom is 0.282 e. The molecular formula is C23H24ClN3O3. The number of benzene rings is 2. The third kappa shape index (κ3) is 3.86. The number of β-amino-alcohol motifs (C(OH)–C–C–N with tert-alkyl or cyclic N) is 1. The Labute approximate surface area is 181 Å². The van der Waals surface area contributed by atoms with Crippen molar-refractivity contribution in [2.24, 2.45) is 0 Å². The van der Waals surface area contributed by atoms with Crippen LogP contribution >= 0.6 is 11.6 Å². The topological polar surface area (TPSA) is 64.1 Å². The maximum absolute atomic E-state index is 13.5. The van der Waals surface area contributed by atoms with Gasteiger partial charge in [0.05, 0.1) is 17.9 Å². The molecule has 2 amide bonds. The van der Waals surface area contributed by atoms with Gasteiger partial charge >= 0.3 is 0 Å². The van der Waals surface area contributed by atoms with Crippen LogP contribution in [0.2, 0.25) is 5.02 Å². The van der Waals surface area contributed by atoms with E-state index in [2.05, 4.69) is 4.90 Å². The first kappa shape index (κ1) is 20.6. The largest absolute Gasteiger partial charge is 0.395 e. The number of piperazine rings is 1. The summed E-state index contributed by atoms with van der Waals surface area (Å²) >= 11 is 5.99. The minimum atomic E-state index is -0.320. The van der Waals surface area contributed by atoms with Crippen LogP contribution in [0.4, 0.5) is 5.69 Å². The molecule has 156 valence electrons. The summed E-state index contributed by atoms with van der Waals surface area (Å²) in [5.41, 5.74) is 3.22. The van der Waals surface area contributed by atoms with Gasteiger partial charge in [-0.1, -0.05) is 41.4 Å². The summed E-state index contributed by atoms with van der Waals surface area (Å²) in [6.07, 6.45) is 0. The Morgan fingerprint density at radius 1 is 0.900 bits per heavy atom. The second-order valence-electron chi connectivity index (χ2n) is 7.56. The molecule has 0 radical (unpaired) electrons. The second-order valence-corrected chi connectivity index (χ2v) is 8.00. The first-order chi connectivity index (χ1) is 14.5. The Morgan fingerprint density at radius 3 is 2.13 bits per heavy atom. The number of aliphatic hydroxyl groups excluding tert-OH is 1. The summed E-state index contributed by atoms with van der Waals surface area (Å²) in [5, 5.41) is 9.73. The fourth-order valence-corrected chi connectivity index (χ4v) is 4.08. The Hall–Kier alpha value is -2.67. The Kier molecular flexibility index (Phi) is 5.90. The number of halogens is 1. The fourth-order valence-electron chi connectivity index (χ4n) is 3.95. The van der Waals surface area contributed by atoms with E-state index in [1.807, 2.05) is 36.1 Å². The van der Waals surface area contributed by atoms with Gasteiger partial charge in [0, 0.05) is 37.7 Å². The molecule has 1 saturated heterocycles. The monoisotopic (exact) mass is 425 g/mol. The summed E-state index contributed by atoms with van der Waals surface area (Å²) in [4.78, 5) is 32.3. The van der Waals surface area contributed by atoms with Crippen LogP contribution in [0.3, 0.4) is 0 Å². The number of anilines is 1. The van der Waals surface area contributed by atoms with Crippen LogP contribution < -0.4 is 4.90 Å². The molecule has 0 bridgehead atoms. The van der Waals surface area contributed by atoms with Crippen molar-refractivity contribution in [1.82, 2.24) is 9.80 Å². The smallest absolute Gasteiger partial charge is 0.282 e. The zero-order valence-electron chi connectivity index (χ0n) is 16.8. The van der Waals surface area contributed by atoms with E-state index in [0.717, 1.165) is 24.2 Å². The van der Waals surface area contributed by atoms with Crippen molar-refractivity contribution in [2.75, 3.05) is 44.2 Å². The van der Waals surface area contributed by atoms with E-state index in [4.69, 9.17) is 11.6 Å². The molecule has 0 atom stereocenters. The zero-order chi connectivity index (χ0) is 21.3. The lowest BCUT2D eigenvalue weighted by atomic mass is 10.0. The first-order valence-electron chi connectivity index (χ1n) is 10.0. The van der Waals surface area contributed by atoms with Gasteiger partial charge in [0.15, 0.2) is 0 Å². The van der Waals surface area contributed by atoms with Gasteiger partial charge in [-0.05, 0) is 36.8 Å². The number of nitrogens with zero attached hydrogens (tertiary/aromatic N) is 3. The van der Waals surface area contributed by atoms with Gasteiger partial charge in [-0.25, -0.2) is 4.90 Å². The number of carbonyl (C=O) groups is 2. The quantitative estimate of drug-likeness (QED) is 0.746. The van der Waals surface area contributed by atoms with E-state index in [0.29, 0.717) is 41.6 Å². The van der Waals surface area contributed by atoms with Gasteiger partial charge in [-0.3, -0.25) is 14.5 Å². The van der Waals surface area contributed by atoms with Crippen molar-refractivity contribution in [1.29, 1.82) is 0 Å². The standard InChI is InChI=1S/C23H24ClN3O3/c1-16-2-4-17(5-3-16)20-21(26-12-10-25(11-13-26)14-15-28)23(30)27(22(20)29)19-8-6-18(24)7-9-19/h2-9,28H,10-15H2,1H3. The number of carbonyl (C=O) groups excluding carboxylic acids is 2. The van der Waals surface area contributed by atoms with Crippen LogP contribution in [0, 0.1) is 6.92 Å². The molecule has 0 unspecified atom stereocenters. The van der Waals surface area contributed by atoms with Crippen molar-refractivity contribution in [3.8, 4) is 0 Å². The van der Waals surface area contributed by atoms with Crippen molar-refractivity contribution in [3.05, 3.63) is 70.4 Å². The van der Waals surface area contributed by atoms with Gasteiger partial charge in [-0.15, -0.1) is 0 Å². The fraction of sp³-hybridized carbons (Fsp3) is 0.304. The van der Waals surface area contributed by atoms with Crippen molar-refractivity contribution in [3.63, 3.8) is 0 Å². The molecule has 1 fully saturated rings. The molecule has 0 aromatic heterocycles. The number of imide groups is 1. The lowest BCUT2D eigenvalue weighted by molar-refractivity contribution is -0.120. The number of hydrogen-bond acceptors (Lipinski definition) is 5. The summed E-state index contributed by atoms with van der Waals surface area (Å²) in [7, 11) is 0. The molecule has 0 aliphatic carbocycles. The van der Waals surface area contributed by atoms with E-state index >= 15 is 0 Å². The SMILES string of the molecule is Cc1ccc(C2=C(N3CCN(CCO)CC3)C(=O)N(c3ccc(Cl)cc3)C2=O)cc1. The van der Waals surface area contributed by atoms with Crippen LogP contribution in [0.15, 0.2) is 54.2 Å². The van der Waals surface area contributed by atoms with E-state index in [1.165, 1.54) is 4.90 Å². The predicted molar refractivity (Wildman–Crippen MR) is 117 cm³/mol. The molecule has 4 rings (SSSR count). The lowest BCUT2D eigenvalue weighted by Crippen LogP contribution is -2.48. The minimum Gasteiger partial charge on any atom is -0.395 e. The number of rotatable bonds is 5. The van der Waals surface area contributed by atoms with Crippen LogP contribution in [-0.2, 0) is 9.59 Å². The van der Waals surface area contributed by atoms with Crippen LogP contribution in [0.25, 0.3) is 5.57 Å². The summed E-state index contributed by atoms with van der Waals surface area (Å²) in [5.74, 6) is -0.632. The molecule has 0 saturated carbocycles. The maximum atomic E-state index is 13.5. The normalized spacial score (nSPS) is 18.0. The van der Waals surface area contributed by atoms with Gasteiger partial charge in [0.2, 0.25) is 0 Å². The van der Waals surface area contributed by atoms with Crippen LogP contribution in [-0.4, -0.2) is 66.1 Å². The van der Waals surface area contributed by atoms with Gasteiger partial charge in [0.25, 0.3) is 11.8 Å². The average Bonchev–Trinajstić information content (AvgIpc) is 3.00. The van der Waals surface area contributed by atoms with Crippen molar-refractivity contribution in [2.45, 2.75) is 6.92 Å². The molecule has 7 heteroatoms. The highest BCUT2D eigenvalue weighted by molar-refractivity contribution is 6.45. The van der Waals surface area contributed by atoms with Gasteiger partial charge in [0.1, 0.15) is 5.70 Å². The first-order valence-corrected chi connectivity index (χ1v) is 10.4. The van der Waals surface area contributed by atoms with Crippen LogP contribution in [0.5, 0.6) is 0 Å². The molecule has 2 aliphatic heterocycles. The van der Waals surface area contributed by atoms with Crippen molar-refractivity contribution >= 4 is 34.7 Å². The van der Waals surface area contributed by atoms with E-state index < -0.39 is 0 Å². The molecule has 1 N–H and O–H groups in total. The molecule has 2 aromatic carbocycles. The lowest BCUT2D eigenvalue weighted by Gasteiger charge is -2.36. The van der Waals surface area contributed by atoms with Crippen LogP contribution in [0.1, 0.15) is 11.1 Å². The number of aryl methyl sites for hydroxylation is 1. The molecular weight excluding hydrogens is 402 g/mol. The third-order valence-electron chi connectivity index (χ3n) is 5.59. The highest BCUT2D eigenvalue weighted by atomic mass is 35.5. The molecule has 2 heterocycles. The Balaban J connectivity index is 1.73. The number of aliphatic hydroxyl groups is 1. The van der Waals surface area contributed by atoms with Gasteiger partial charge < -0.3 is 10.0 Å². The minimum absolute atomic E-state index is 0.110. The third-order valence-corrected chi connectivity index (χ3v) is 5.84. The van der Waals surface area contributed by atoms with Crippen molar-refractivity contribution < 1.29 is 14.7 Å².